The van der Waals surface area contributed by atoms with Crippen LogP contribution < -0.4 is 21.3 Å². The molecule has 13 nitrogen and oxygen atoms in total. The molecule has 61 heavy (non-hydrogen) atoms. The average Bonchev–Trinajstić information content (AvgIpc) is 3.97. The number of likely N-dealkylation sites (N-methyl/N-ethyl adjacent to an activating group) is 2. The number of fused-ring (bicyclic) bond motifs is 2. The molecule has 6 rings (SSSR count). The maximum Gasteiger partial charge on any atom is 0.246 e. The summed E-state index contributed by atoms with van der Waals surface area (Å²) in [5.74, 6) is -2.37. The topological polar surface area (TPSA) is 156 Å². The molecule has 5 N–H and O–H groups in total. The largest absolute Gasteiger partial charge is 0.352 e. The molecule has 0 radical (unpaired) electrons. The molecule has 2 aliphatic rings. The van der Waals surface area contributed by atoms with E-state index in [0.29, 0.717) is 40.5 Å². The van der Waals surface area contributed by atoms with E-state index in [2.05, 4.69) is 26.3 Å². The number of nitrogens with zero attached hydrogens (tertiary/aromatic N) is 4. The van der Waals surface area contributed by atoms with Crippen LogP contribution in [0.5, 0.6) is 0 Å². The van der Waals surface area contributed by atoms with E-state index in [-0.39, 0.29) is 62.1 Å². The Labute approximate surface area is 353 Å². The molecule has 332 valence electrons. The van der Waals surface area contributed by atoms with Crippen molar-refractivity contribution in [2.75, 3.05) is 27.2 Å². The van der Waals surface area contributed by atoms with Gasteiger partial charge < -0.3 is 40.6 Å². The fourth-order valence-corrected chi connectivity index (χ4v) is 8.57. The number of carbonyl (C=O) groups is 4. The lowest BCUT2D eigenvalue weighted by Gasteiger charge is -2.36. The lowest BCUT2D eigenvalue weighted by atomic mass is 9.85. The third-order valence-corrected chi connectivity index (χ3v) is 12.2. The van der Waals surface area contributed by atoms with Gasteiger partial charge >= 0.3 is 0 Å². The quantitative estimate of drug-likeness (QED) is 0.107. The lowest BCUT2D eigenvalue weighted by molar-refractivity contribution is -0.140. The van der Waals surface area contributed by atoms with Crippen LogP contribution in [0.15, 0.2) is 36.4 Å². The highest BCUT2D eigenvalue weighted by Crippen LogP contribution is 2.38. The van der Waals surface area contributed by atoms with Crippen molar-refractivity contribution in [2.24, 2.45) is 5.41 Å². The zero-order valence-corrected chi connectivity index (χ0v) is 36.2. The molecule has 2 fully saturated rings. The zero-order chi connectivity index (χ0) is 44.5. The summed E-state index contributed by atoms with van der Waals surface area (Å²) in [7, 11) is 3.27. The van der Waals surface area contributed by atoms with Gasteiger partial charge in [-0.15, -0.1) is 0 Å². The maximum absolute atomic E-state index is 15.6. The number of hydrogen-bond acceptors (Lipinski definition) is 7. The first-order chi connectivity index (χ1) is 28.8. The number of hydrogen-bond donors (Lipinski definition) is 5. The van der Waals surface area contributed by atoms with Crippen LogP contribution >= 0.6 is 0 Å². The summed E-state index contributed by atoms with van der Waals surface area (Å²) >= 11 is 0. The number of H-pyrrole nitrogens is 1. The minimum Gasteiger partial charge on any atom is -0.352 e. The van der Waals surface area contributed by atoms with Gasteiger partial charge in [-0.25, -0.2) is 22.5 Å². The van der Waals surface area contributed by atoms with Gasteiger partial charge in [0.25, 0.3) is 0 Å². The van der Waals surface area contributed by atoms with Crippen molar-refractivity contribution in [3.05, 3.63) is 53.6 Å². The monoisotopic (exact) mass is 853 g/mol. The van der Waals surface area contributed by atoms with Crippen molar-refractivity contribution < 1.29 is 36.7 Å². The summed E-state index contributed by atoms with van der Waals surface area (Å²) in [5.41, 5.74) is 1.43. The molecule has 0 spiro atoms. The van der Waals surface area contributed by atoms with Crippen molar-refractivity contribution in [1.82, 2.24) is 45.6 Å². The van der Waals surface area contributed by atoms with Gasteiger partial charge in [-0.1, -0.05) is 34.1 Å². The second-order valence-corrected chi connectivity index (χ2v) is 17.7. The van der Waals surface area contributed by atoms with Crippen LogP contribution in [0.25, 0.3) is 33.5 Å². The van der Waals surface area contributed by atoms with Crippen LogP contribution in [-0.4, -0.2) is 124 Å². The van der Waals surface area contributed by atoms with E-state index in [1.165, 1.54) is 34.1 Å². The van der Waals surface area contributed by atoms with E-state index in [4.69, 9.17) is 4.98 Å². The van der Waals surface area contributed by atoms with Gasteiger partial charge in [0, 0.05) is 42.4 Å². The average molecular weight is 854 g/mol. The van der Waals surface area contributed by atoms with Gasteiger partial charge in [0.05, 0.1) is 47.9 Å². The standard InChI is InChI=1S/C44H59F4N9O4/c1-9-10-33(53-40(58)23(2)49-7)42(60)56-21-28(48)16-30(56)22-57-36-14-12-26(46)18-35(36)52-39(57)37-32(31-13-11-25(45)17-34(31)51-37)19-29-15-27(47)20-55(29)43(61)38(44(4,5)6)54-41(59)24(3)50-8/h11-14,17-18,23-24,27-30,33,38,49-51H,9-10,15-16,19-22H2,1-8H3,(H,53,58)(H,54,59). The third kappa shape index (κ3) is 9.72. The Kier molecular flexibility index (Phi) is 13.8. The number of nitrogens with one attached hydrogen (secondary N) is 5. The number of rotatable bonds is 15. The van der Waals surface area contributed by atoms with Crippen molar-refractivity contribution in [3.63, 3.8) is 0 Å². The first-order valence-corrected chi connectivity index (χ1v) is 21.2. The number of halogens is 4. The Bertz CT molecular complexity index is 2260. The summed E-state index contributed by atoms with van der Waals surface area (Å²) in [6, 6.07) is 3.92. The van der Waals surface area contributed by atoms with Gasteiger partial charge in [0.15, 0.2) is 5.82 Å². The number of imidazole rings is 1. The smallest absolute Gasteiger partial charge is 0.246 e. The van der Waals surface area contributed by atoms with E-state index >= 15 is 8.78 Å². The number of alkyl halides is 2. The highest BCUT2D eigenvalue weighted by atomic mass is 19.1. The van der Waals surface area contributed by atoms with E-state index in [1.54, 1.807) is 44.6 Å². The molecule has 0 saturated carbocycles. The Morgan fingerprint density at radius 3 is 2.07 bits per heavy atom. The zero-order valence-electron chi connectivity index (χ0n) is 36.2. The molecule has 2 aromatic heterocycles. The first-order valence-electron chi connectivity index (χ1n) is 21.2. The minimum absolute atomic E-state index is 0.00199. The number of aromatic nitrogens is 3. The van der Waals surface area contributed by atoms with E-state index in [0.717, 1.165) is 0 Å². The van der Waals surface area contributed by atoms with Crippen molar-refractivity contribution in [1.29, 1.82) is 0 Å². The lowest BCUT2D eigenvalue weighted by Crippen LogP contribution is -2.58. The number of amides is 4. The van der Waals surface area contributed by atoms with Crippen molar-refractivity contribution >= 4 is 45.6 Å². The normalized spacial score (nSPS) is 21.5. The van der Waals surface area contributed by atoms with Crippen molar-refractivity contribution in [3.8, 4) is 11.5 Å². The molecule has 4 amide bonds. The molecule has 2 aromatic carbocycles. The van der Waals surface area contributed by atoms with Crippen LogP contribution in [0.1, 0.15) is 72.8 Å². The van der Waals surface area contributed by atoms with E-state index in [1.807, 2.05) is 27.7 Å². The second-order valence-electron chi connectivity index (χ2n) is 17.7. The first kappa shape index (κ1) is 45.5. The highest BCUT2D eigenvalue weighted by Gasteiger charge is 2.44. The van der Waals surface area contributed by atoms with Gasteiger partial charge in [-0.05, 0) is 82.1 Å². The fourth-order valence-electron chi connectivity index (χ4n) is 8.57. The van der Waals surface area contributed by atoms with Crippen molar-refractivity contribution in [2.45, 2.75) is 129 Å². The molecular weight excluding hydrogens is 795 g/mol. The Balaban J connectivity index is 1.42. The van der Waals surface area contributed by atoms with Gasteiger partial charge in [0.1, 0.15) is 36.1 Å². The number of carbonyl (C=O) groups excluding carboxylic acids is 4. The Hall–Kier alpha value is -5.03. The summed E-state index contributed by atoms with van der Waals surface area (Å²) in [4.78, 5) is 65.6. The van der Waals surface area contributed by atoms with Gasteiger partial charge in [-0.3, -0.25) is 19.2 Å². The molecule has 4 heterocycles. The van der Waals surface area contributed by atoms with Crippen LogP contribution in [0.3, 0.4) is 0 Å². The summed E-state index contributed by atoms with van der Waals surface area (Å²) in [5, 5.41) is 12.0. The molecule has 17 heteroatoms. The van der Waals surface area contributed by atoms with E-state index < -0.39 is 77.5 Å². The third-order valence-electron chi connectivity index (χ3n) is 12.2. The molecule has 4 aromatic rings. The van der Waals surface area contributed by atoms with Crippen LogP contribution in [0.2, 0.25) is 0 Å². The SMILES string of the molecule is CCCC(NC(=O)C(C)NC)C(=O)N1CC(F)CC1Cn1c(-c2[nH]c3cc(F)ccc3c2CC2CC(F)CN2C(=O)C(NC(=O)C(C)NC)C(C)(C)C)nc2cc(F)ccc21. The van der Waals surface area contributed by atoms with Crippen LogP contribution in [-0.2, 0) is 32.1 Å². The molecule has 8 unspecified atom stereocenters. The Morgan fingerprint density at radius 2 is 1.44 bits per heavy atom. The molecular formula is C44H59F4N9O4. The Morgan fingerprint density at radius 1 is 0.852 bits per heavy atom. The number of benzene rings is 2. The van der Waals surface area contributed by atoms with Crippen LogP contribution in [0, 0.1) is 17.0 Å². The highest BCUT2D eigenvalue weighted by molar-refractivity contribution is 5.93. The molecule has 2 aliphatic heterocycles. The molecule has 0 bridgehead atoms. The summed E-state index contributed by atoms with van der Waals surface area (Å²) in [6.07, 6.45) is -1.69. The van der Waals surface area contributed by atoms with Gasteiger partial charge in [0.2, 0.25) is 23.6 Å². The van der Waals surface area contributed by atoms with Gasteiger partial charge in [-0.2, -0.15) is 0 Å². The fraction of sp³-hybridized carbons (Fsp3) is 0.568. The van der Waals surface area contributed by atoms with E-state index in [9.17, 15) is 28.0 Å². The molecule has 2 saturated heterocycles. The minimum atomic E-state index is -1.36. The van der Waals surface area contributed by atoms with Crippen LogP contribution in [0.4, 0.5) is 17.6 Å². The summed E-state index contributed by atoms with van der Waals surface area (Å²) < 4.78 is 62.5. The molecule has 8 atom stereocenters. The number of aromatic amines is 1. The summed E-state index contributed by atoms with van der Waals surface area (Å²) in [6.45, 7) is 10.4. The predicted octanol–water partition coefficient (Wildman–Crippen LogP) is 4.91. The predicted molar refractivity (Wildman–Crippen MR) is 226 cm³/mol. The second kappa shape index (κ2) is 18.5. The maximum atomic E-state index is 15.6. The number of likely N-dealkylation sites (tertiary alicyclic amines) is 2. The molecule has 0 aliphatic carbocycles.